The van der Waals surface area contributed by atoms with E-state index in [0.29, 0.717) is 11.3 Å². The predicted octanol–water partition coefficient (Wildman–Crippen LogP) is 1.78. The van der Waals surface area contributed by atoms with Gasteiger partial charge in [-0.05, 0) is 12.1 Å². The van der Waals surface area contributed by atoms with Gasteiger partial charge < -0.3 is 4.98 Å². The molecule has 0 aromatic carbocycles. The largest absolute Gasteiger partial charge is 0.357 e. The highest BCUT2D eigenvalue weighted by Gasteiger charge is 2.05. The van der Waals surface area contributed by atoms with Gasteiger partial charge in [0, 0.05) is 23.2 Å². The molecule has 3 aromatic rings. The molecule has 0 spiro atoms. The standard InChI is InChI=1S/C10H7N3OS/c14-10-9-7(1-3-11-9)2-4-13(10)8-5-15-6-12-8/h1-6,11H. The highest BCUT2D eigenvalue weighted by molar-refractivity contribution is 7.07. The molecule has 0 atom stereocenters. The molecule has 3 heterocycles. The number of aromatic nitrogens is 3. The lowest BCUT2D eigenvalue weighted by atomic mass is 10.3. The monoisotopic (exact) mass is 217 g/mol. The van der Waals surface area contributed by atoms with Crippen molar-refractivity contribution in [2.45, 2.75) is 0 Å². The maximum Gasteiger partial charge on any atom is 0.280 e. The maximum atomic E-state index is 12.0. The van der Waals surface area contributed by atoms with E-state index in [0.717, 1.165) is 5.39 Å². The molecule has 0 aliphatic rings. The SMILES string of the molecule is O=c1c2[nH]ccc2ccn1-c1cscn1. The number of aromatic amines is 1. The van der Waals surface area contributed by atoms with Gasteiger partial charge in [-0.2, -0.15) is 0 Å². The Morgan fingerprint density at radius 2 is 2.33 bits per heavy atom. The second-order valence-corrected chi connectivity index (χ2v) is 3.86. The van der Waals surface area contributed by atoms with Gasteiger partial charge in [-0.3, -0.25) is 9.36 Å². The summed E-state index contributed by atoms with van der Waals surface area (Å²) in [4.78, 5) is 19.0. The van der Waals surface area contributed by atoms with Crippen molar-refractivity contribution in [3.05, 3.63) is 45.8 Å². The van der Waals surface area contributed by atoms with Crippen LogP contribution >= 0.6 is 11.3 Å². The third kappa shape index (κ3) is 1.20. The first-order valence-corrected chi connectivity index (χ1v) is 5.38. The van der Waals surface area contributed by atoms with E-state index in [1.807, 2.05) is 17.5 Å². The number of fused-ring (bicyclic) bond motifs is 1. The highest BCUT2D eigenvalue weighted by Crippen LogP contribution is 2.10. The molecule has 4 nitrogen and oxygen atoms in total. The molecular weight excluding hydrogens is 210 g/mol. The van der Waals surface area contributed by atoms with E-state index in [2.05, 4.69) is 9.97 Å². The number of nitrogens with zero attached hydrogens (tertiary/aromatic N) is 2. The fourth-order valence-corrected chi connectivity index (χ4v) is 2.08. The minimum absolute atomic E-state index is 0.0663. The van der Waals surface area contributed by atoms with Gasteiger partial charge in [0.25, 0.3) is 5.56 Å². The minimum atomic E-state index is -0.0663. The number of pyridine rings is 1. The first-order valence-electron chi connectivity index (χ1n) is 4.43. The Balaban J connectivity index is 2.38. The van der Waals surface area contributed by atoms with Crippen LogP contribution in [0.4, 0.5) is 0 Å². The number of nitrogens with one attached hydrogen (secondary N) is 1. The summed E-state index contributed by atoms with van der Waals surface area (Å²) in [7, 11) is 0. The number of rotatable bonds is 1. The van der Waals surface area contributed by atoms with Crippen LogP contribution in [0.15, 0.2) is 40.2 Å². The first kappa shape index (κ1) is 8.43. The molecule has 0 saturated heterocycles. The summed E-state index contributed by atoms with van der Waals surface area (Å²) in [5, 5.41) is 2.77. The highest BCUT2D eigenvalue weighted by atomic mass is 32.1. The van der Waals surface area contributed by atoms with Crippen LogP contribution < -0.4 is 5.56 Å². The summed E-state index contributed by atoms with van der Waals surface area (Å²) >= 11 is 1.47. The number of hydrogen-bond donors (Lipinski definition) is 1. The lowest BCUT2D eigenvalue weighted by Gasteiger charge is -2.00. The molecule has 1 N–H and O–H groups in total. The zero-order chi connectivity index (χ0) is 10.3. The molecule has 74 valence electrons. The van der Waals surface area contributed by atoms with E-state index in [1.54, 1.807) is 17.9 Å². The number of thiazole rings is 1. The molecule has 0 amide bonds. The maximum absolute atomic E-state index is 12.0. The van der Waals surface area contributed by atoms with Crippen LogP contribution in [0.25, 0.3) is 16.7 Å². The molecule has 0 unspecified atom stereocenters. The molecule has 0 radical (unpaired) electrons. The first-order chi connectivity index (χ1) is 7.36. The second kappa shape index (κ2) is 3.06. The Hall–Kier alpha value is -1.88. The van der Waals surface area contributed by atoms with Crippen molar-refractivity contribution in [2.24, 2.45) is 0 Å². The second-order valence-electron chi connectivity index (χ2n) is 3.15. The molecule has 3 rings (SSSR count). The number of H-pyrrole nitrogens is 1. The molecule has 0 aliphatic carbocycles. The summed E-state index contributed by atoms with van der Waals surface area (Å²) in [5.41, 5.74) is 2.26. The Morgan fingerprint density at radius 3 is 3.13 bits per heavy atom. The summed E-state index contributed by atoms with van der Waals surface area (Å²) in [6.45, 7) is 0. The van der Waals surface area contributed by atoms with Crippen LogP contribution in [-0.4, -0.2) is 14.5 Å². The van der Waals surface area contributed by atoms with Crippen molar-refractivity contribution in [3.8, 4) is 5.82 Å². The van der Waals surface area contributed by atoms with Crippen LogP contribution in [0.5, 0.6) is 0 Å². The van der Waals surface area contributed by atoms with Gasteiger partial charge in [0.1, 0.15) is 5.52 Å². The molecule has 0 saturated carbocycles. The van der Waals surface area contributed by atoms with Crippen LogP contribution in [0.1, 0.15) is 0 Å². The van der Waals surface area contributed by atoms with Crippen LogP contribution in [0.3, 0.4) is 0 Å². The van der Waals surface area contributed by atoms with Gasteiger partial charge in [0.15, 0.2) is 5.82 Å². The molecule has 0 fully saturated rings. The normalized spacial score (nSPS) is 10.9. The van der Waals surface area contributed by atoms with Gasteiger partial charge in [-0.1, -0.05) is 0 Å². The summed E-state index contributed by atoms with van der Waals surface area (Å²) in [5.74, 6) is 0.668. The zero-order valence-electron chi connectivity index (χ0n) is 7.68. The Morgan fingerprint density at radius 1 is 1.40 bits per heavy atom. The van der Waals surface area contributed by atoms with Crippen molar-refractivity contribution in [1.82, 2.24) is 14.5 Å². The van der Waals surface area contributed by atoms with Crippen LogP contribution in [-0.2, 0) is 0 Å². The summed E-state index contributed by atoms with van der Waals surface area (Å²) in [6, 6.07) is 3.77. The summed E-state index contributed by atoms with van der Waals surface area (Å²) < 4.78 is 1.54. The predicted molar refractivity (Wildman–Crippen MR) is 59.6 cm³/mol. The summed E-state index contributed by atoms with van der Waals surface area (Å²) in [6.07, 6.45) is 3.50. The van der Waals surface area contributed by atoms with Crippen molar-refractivity contribution >= 4 is 22.2 Å². The van der Waals surface area contributed by atoms with E-state index in [9.17, 15) is 4.79 Å². The topological polar surface area (TPSA) is 50.7 Å². The lowest BCUT2D eigenvalue weighted by molar-refractivity contribution is 0.965. The van der Waals surface area contributed by atoms with Crippen LogP contribution in [0.2, 0.25) is 0 Å². The smallest absolute Gasteiger partial charge is 0.280 e. The molecule has 15 heavy (non-hydrogen) atoms. The van der Waals surface area contributed by atoms with Gasteiger partial charge in [-0.25, -0.2) is 4.98 Å². The van der Waals surface area contributed by atoms with Crippen molar-refractivity contribution in [3.63, 3.8) is 0 Å². The molecule has 0 bridgehead atoms. The fourth-order valence-electron chi connectivity index (χ4n) is 1.55. The molecular formula is C10H7N3OS. The molecule has 0 aliphatic heterocycles. The van der Waals surface area contributed by atoms with Gasteiger partial charge in [0.05, 0.1) is 5.51 Å². The molecule has 5 heteroatoms. The average Bonchev–Trinajstić information content (AvgIpc) is 2.87. The Bertz CT molecular complexity index is 651. The van der Waals surface area contributed by atoms with E-state index in [-0.39, 0.29) is 5.56 Å². The van der Waals surface area contributed by atoms with E-state index in [1.165, 1.54) is 15.9 Å². The quantitative estimate of drug-likeness (QED) is 0.675. The van der Waals surface area contributed by atoms with Gasteiger partial charge >= 0.3 is 0 Å². The third-order valence-corrected chi connectivity index (χ3v) is 2.86. The van der Waals surface area contributed by atoms with Gasteiger partial charge in [0.2, 0.25) is 0 Å². The fraction of sp³-hybridized carbons (Fsp3) is 0. The minimum Gasteiger partial charge on any atom is -0.357 e. The van der Waals surface area contributed by atoms with E-state index in [4.69, 9.17) is 0 Å². The third-order valence-electron chi connectivity index (χ3n) is 2.28. The van der Waals surface area contributed by atoms with Gasteiger partial charge in [-0.15, -0.1) is 11.3 Å². The Kier molecular flexibility index (Phi) is 1.72. The Labute approximate surface area is 88.8 Å². The lowest BCUT2D eigenvalue weighted by Crippen LogP contribution is -2.17. The van der Waals surface area contributed by atoms with Crippen LogP contribution in [0, 0.1) is 0 Å². The zero-order valence-corrected chi connectivity index (χ0v) is 8.49. The van der Waals surface area contributed by atoms with E-state index < -0.39 is 0 Å². The van der Waals surface area contributed by atoms with Crippen molar-refractivity contribution in [1.29, 1.82) is 0 Å². The number of hydrogen-bond acceptors (Lipinski definition) is 3. The molecule has 3 aromatic heterocycles. The average molecular weight is 217 g/mol. The van der Waals surface area contributed by atoms with Crippen molar-refractivity contribution in [2.75, 3.05) is 0 Å². The van der Waals surface area contributed by atoms with Crippen molar-refractivity contribution < 1.29 is 0 Å². The van der Waals surface area contributed by atoms with E-state index >= 15 is 0 Å².